The molecule has 0 aliphatic carbocycles. The van der Waals surface area contributed by atoms with Gasteiger partial charge in [-0.2, -0.15) is 5.26 Å². The monoisotopic (exact) mass is 377 g/mol. The van der Waals surface area contributed by atoms with Crippen molar-refractivity contribution in [2.24, 2.45) is 0 Å². The first-order chi connectivity index (χ1) is 10.6. The predicted octanol–water partition coefficient (Wildman–Crippen LogP) is 5.18. The minimum Gasteiger partial charge on any atom is -0.493 e. The van der Waals surface area contributed by atoms with E-state index in [1.54, 1.807) is 32.4 Å². The number of hydrogen-bond acceptors (Lipinski definition) is 3. The number of hydrogen-bond donors (Lipinski definition) is 0. The van der Waals surface area contributed by atoms with E-state index < -0.39 is 0 Å². The molecule has 2 rings (SSSR count). The molecule has 0 aliphatic heterocycles. The number of benzene rings is 2. The van der Waals surface area contributed by atoms with E-state index in [4.69, 9.17) is 21.1 Å². The second-order valence-electron chi connectivity index (χ2n) is 4.41. The molecule has 0 spiro atoms. The van der Waals surface area contributed by atoms with E-state index in [0.29, 0.717) is 27.7 Å². The Morgan fingerprint density at radius 3 is 2.27 bits per heavy atom. The molecular weight excluding hydrogens is 366 g/mol. The largest absolute Gasteiger partial charge is 0.493 e. The standard InChI is InChI=1S/C17H13BrClNO2/c1-21-16-8-12(15(19)9-17(16)22-2)7-13(10-20)11-3-5-14(18)6-4-11/h3-9H,1-2H3. The number of ether oxygens (including phenoxy) is 2. The van der Waals surface area contributed by atoms with Gasteiger partial charge in [-0.3, -0.25) is 0 Å². The molecule has 0 fully saturated rings. The van der Waals surface area contributed by atoms with Crippen LogP contribution in [0.3, 0.4) is 0 Å². The van der Waals surface area contributed by atoms with Crippen molar-refractivity contribution in [1.82, 2.24) is 0 Å². The van der Waals surface area contributed by atoms with Gasteiger partial charge in [0.05, 0.1) is 30.9 Å². The van der Waals surface area contributed by atoms with E-state index in [1.165, 1.54) is 0 Å². The Labute approximate surface area is 142 Å². The Kier molecular flexibility index (Phi) is 5.48. The molecule has 0 unspecified atom stereocenters. The van der Waals surface area contributed by atoms with E-state index in [2.05, 4.69) is 22.0 Å². The minimum atomic E-state index is 0.488. The van der Waals surface area contributed by atoms with Crippen LogP contribution < -0.4 is 9.47 Å². The van der Waals surface area contributed by atoms with Gasteiger partial charge in [0.15, 0.2) is 11.5 Å². The highest BCUT2D eigenvalue weighted by Crippen LogP contribution is 2.35. The van der Waals surface area contributed by atoms with Crippen molar-refractivity contribution in [3.63, 3.8) is 0 Å². The lowest BCUT2D eigenvalue weighted by Crippen LogP contribution is -1.92. The normalized spacial score (nSPS) is 11.0. The average molecular weight is 379 g/mol. The first-order valence-electron chi connectivity index (χ1n) is 6.38. The Balaban J connectivity index is 2.50. The zero-order valence-corrected chi connectivity index (χ0v) is 14.4. The fourth-order valence-electron chi connectivity index (χ4n) is 1.95. The molecule has 0 radical (unpaired) electrons. The zero-order valence-electron chi connectivity index (χ0n) is 12.1. The first-order valence-corrected chi connectivity index (χ1v) is 7.55. The number of nitriles is 1. The van der Waals surface area contributed by atoms with Crippen LogP contribution in [-0.4, -0.2) is 14.2 Å². The third kappa shape index (κ3) is 3.62. The molecule has 112 valence electrons. The van der Waals surface area contributed by atoms with Crippen molar-refractivity contribution >= 4 is 39.2 Å². The molecule has 0 saturated heterocycles. The average Bonchev–Trinajstić information content (AvgIpc) is 2.54. The van der Waals surface area contributed by atoms with Crippen molar-refractivity contribution in [3.05, 3.63) is 57.0 Å². The lowest BCUT2D eigenvalue weighted by molar-refractivity contribution is 0.355. The Hall–Kier alpha value is -1.96. The van der Waals surface area contributed by atoms with E-state index in [9.17, 15) is 5.26 Å². The number of methoxy groups -OCH3 is 2. The molecule has 0 atom stereocenters. The van der Waals surface area contributed by atoms with Gasteiger partial charge in [0, 0.05) is 10.5 Å². The lowest BCUT2D eigenvalue weighted by Gasteiger charge is -2.10. The third-order valence-corrected chi connectivity index (χ3v) is 3.93. The molecule has 2 aromatic rings. The van der Waals surface area contributed by atoms with Crippen LogP contribution >= 0.6 is 27.5 Å². The van der Waals surface area contributed by atoms with Gasteiger partial charge in [0.1, 0.15) is 0 Å². The van der Waals surface area contributed by atoms with Gasteiger partial charge >= 0.3 is 0 Å². The quantitative estimate of drug-likeness (QED) is 0.543. The number of nitrogens with zero attached hydrogens (tertiary/aromatic N) is 1. The molecule has 5 heteroatoms. The smallest absolute Gasteiger partial charge is 0.162 e. The van der Waals surface area contributed by atoms with E-state index in [0.717, 1.165) is 10.0 Å². The highest BCUT2D eigenvalue weighted by Gasteiger charge is 2.10. The highest BCUT2D eigenvalue weighted by molar-refractivity contribution is 9.10. The molecule has 0 bridgehead atoms. The van der Waals surface area contributed by atoms with Crippen LogP contribution in [0.2, 0.25) is 5.02 Å². The number of rotatable bonds is 4. The van der Waals surface area contributed by atoms with Crippen LogP contribution in [0.25, 0.3) is 11.6 Å². The van der Waals surface area contributed by atoms with Gasteiger partial charge in [-0.15, -0.1) is 0 Å². The van der Waals surface area contributed by atoms with Crippen LogP contribution in [0.5, 0.6) is 11.5 Å². The van der Waals surface area contributed by atoms with Crippen LogP contribution in [0, 0.1) is 11.3 Å². The fourth-order valence-corrected chi connectivity index (χ4v) is 2.42. The van der Waals surface area contributed by atoms with Crippen molar-refractivity contribution in [1.29, 1.82) is 5.26 Å². The summed E-state index contributed by atoms with van der Waals surface area (Å²) in [7, 11) is 3.10. The van der Waals surface area contributed by atoms with Crippen molar-refractivity contribution in [3.8, 4) is 17.6 Å². The van der Waals surface area contributed by atoms with Gasteiger partial charge in [-0.1, -0.05) is 39.7 Å². The molecule has 2 aromatic carbocycles. The minimum absolute atomic E-state index is 0.488. The molecule has 3 nitrogen and oxygen atoms in total. The van der Waals surface area contributed by atoms with Crippen LogP contribution in [0.4, 0.5) is 0 Å². The molecule has 0 aromatic heterocycles. The SMILES string of the molecule is COc1cc(Cl)c(C=C(C#N)c2ccc(Br)cc2)cc1OC. The molecule has 0 heterocycles. The summed E-state index contributed by atoms with van der Waals surface area (Å²) in [5.41, 5.74) is 2.02. The summed E-state index contributed by atoms with van der Waals surface area (Å²) in [6, 6.07) is 13.1. The Morgan fingerprint density at radius 2 is 1.73 bits per heavy atom. The molecule has 0 aliphatic rings. The number of halogens is 2. The summed E-state index contributed by atoms with van der Waals surface area (Å²) in [4.78, 5) is 0. The first kappa shape index (κ1) is 16.4. The summed E-state index contributed by atoms with van der Waals surface area (Å²) in [5.74, 6) is 1.11. The van der Waals surface area contributed by atoms with Gasteiger partial charge < -0.3 is 9.47 Å². The van der Waals surface area contributed by atoms with Gasteiger partial charge in [-0.05, 0) is 35.4 Å². The molecule has 0 N–H and O–H groups in total. The van der Waals surface area contributed by atoms with Gasteiger partial charge in [0.2, 0.25) is 0 Å². The summed E-state index contributed by atoms with van der Waals surface area (Å²) < 4.78 is 11.4. The number of allylic oxidation sites excluding steroid dienone is 1. The van der Waals surface area contributed by atoms with Crippen molar-refractivity contribution in [2.75, 3.05) is 14.2 Å². The third-order valence-electron chi connectivity index (χ3n) is 3.08. The zero-order chi connectivity index (χ0) is 16.1. The van der Waals surface area contributed by atoms with E-state index in [1.807, 2.05) is 24.3 Å². The van der Waals surface area contributed by atoms with E-state index >= 15 is 0 Å². The van der Waals surface area contributed by atoms with Crippen molar-refractivity contribution < 1.29 is 9.47 Å². The summed E-state index contributed by atoms with van der Waals surface area (Å²) in [5, 5.41) is 9.89. The molecule has 0 amide bonds. The van der Waals surface area contributed by atoms with Crippen LogP contribution in [0.1, 0.15) is 11.1 Å². The summed E-state index contributed by atoms with van der Waals surface area (Å²) in [6.07, 6.45) is 1.73. The Bertz CT molecular complexity index is 748. The summed E-state index contributed by atoms with van der Waals surface area (Å²) >= 11 is 9.63. The molecular formula is C17H13BrClNO2. The maximum absolute atomic E-state index is 9.40. The second kappa shape index (κ2) is 7.35. The Morgan fingerprint density at radius 1 is 1.14 bits per heavy atom. The fraction of sp³-hybridized carbons (Fsp3) is 0.118. The maximum atomic E-state index is 9.40. The highest BCUT2D eigenvalue weighted by atomic mass is 79.9. The summed E-state index contributed by atoms with van der Waals surface area (Å²) in [6.45, 7) is 0. The van der Waals surface area contributed by atoms with Gasteiger partial charge in [0.25, 0.3) is 0 Å². The van der Waals surface area contributed by atoms with Gasteiger partial charge in [-0.25, -0.2) is 0 Å². The molecule has 0 saturated carbocycles. The van der Waals surface area contributed by atoms with Crippen LogP contribution in [-0.2, 0) is 0 Å². The second-order valence-corrected chi connectivity index (χ2v) is 5.73. The van der Waals surface area contributed by atoms with Crippen molar-refractivity contribution in [2.45, 2.75) is 0 Å². The maximum Gasteiger partial charge on any atom is 0.162 e. The lowest BCUT2D eigenvalue weighted by atomic mass is 10.0. The van der Waals surface area contributed by atoms with Crippen LogP contribution in [0.15, 0.2) is 40.9 Å². The van der Waals surface area contributed by atoms with E-state index in [-0.39, 0.29) is 0 Å². The topological polar surface area (TPSA) is 42.2 Å². The molecule has 22 heavy (non-hydrogen) atoms. The predicted molar refractivity (Wildman–Crippen MR) is 92.2 cm³/mol.